The van der Waals surface area contributed by atoms with Crippen LogP contribution in [0.4, 0.5) is 5.69 Å². The largest absolute Gasteiger partial charge is 0.458 e. The molecule has 0 N–H and O–H groups in total. The monoisotopic (exact) mass is 271 g/mol. The molecule has 0 amide bonds. The highest BCUT2D eigenvalue weighted by Gasteiger charge is 2.17. The molecule has 2 aromatic carbocycles. The molecule has 2 nitrogen and oxygen atoms in total. The number of fused-ring (bicyclic) bond motifs is 1. The van der Waals surface area contributed by atoms with Gasteiger partial charge in [0.15, 0.2) is 0 Å². The summed E-state index contributed by atoms with van der Waals surface area (Å²) in [6.07, 6.45) is 2.03. The summed E-state index contributed by atoms with van der Waals surface area (Å²) in [5.41, 5.74) is 2.17. The Balaban J connectivity index is 1.93. The van der Waals surface area contributed by atoms with Gasteiger partial charge in [-0.3, -0.25) is 0 Å². The zero-order chi connectivity index (χ0) is 13.2. The van der Waals surface area contributed by atoms with Crippen LogP contribution in [0.2, 0.25) is 5.02 Å². The van der Waals surface area contributed by atoms with Gasteiger partial charge < -0.3 is 9.64 Å². The van der Waals surface area contributed by atoms with E-state index in [0.717, 1.165) is 34.3 Å². The van der Waals surface area contributed by atoms with Gasteiger partial charge in [0.25, 0.3) is 0 Å². The Morgan fingerprint density at radius 3 is 2.84 bits per heavy atom. The summed E-state index contributed by atoms with van der Waals surface area (Å²) in [5.74, 6) is 1.81. The molecule has 0 aliphatic carbocycles. The quantitative estimate of drug-likeness (QED) is 0.770. The van der Waals surface area contributed by atoms with Gasteiger partial charge in [-0.15, -0.1) is 0 Å². The molecule has 0 fully saturated rings. The number of anilines is 1. The third-order valence-electron chi connectivity index (χ3n) is 3.09. The smallest absolute Gasteiger partial charge is 0.150 e. The summed E-state index contributed by atoms with van der Waals surface area (Å²) in [6, 6.07) is 15.8. The van der Waals surface area contributed by atoms with Crippen LogP contribution in [-0.2, 0) is 0 Å². The molecule has 0 aromatic heterocycles. The molecule has 3 heteroatoms. The Bertz CT molecular complexity index is 636. The van der Waals surface area contributed by atoms with Crippen LogP contribution in [0.15, 0.2) is 54.3 Å². The van der Waals surface area contributed by atoms with Crippen molar-refractivity contribution in [3.63, 3.8) is 0 Å². The van der Waals surface area contributed by atoms with Gasteiger partial charge in [0.05, 0.1) is 12.2 Å². The van der Waals surface area contributed by atoms with Gasteiger partial charge in [-0.25, -0.2) is 0 Å². The van der Waals surface area contributed by atoms with Crippen molar-refractivity contribution in [2.24, 2.45) is 0 Å². The van der Waals surface area contributed by atoms with E-state index in [1.54, 1.807) is 0 Å². The van der Waals surface area contributed by atoms with Crippen molar-refractivity contribution in [2.75, 3.05) is 18.5 Å². The van der Waals surface area contributed by atoms with Crippen LogP contribution in [0, 0.1) is 0 Å². The highest BCUT2D eigenvalue weighted by Crippen LogP contribution is 2.33. The molecule has 3 rings (SSSR count). The van der Waals surface area contributed by atoms with E-state index in [2.05, 4.69) is 18.0 Å². The zero-order valence-corrected chi connectivity index (χ0v) is 11.4. The Hall–Kier alpha value is -1.93. The summed E-state index contributed by atoms with van der Waals surface area (Å²) < 4.78 is 5.92. The SMILES string of the molecule is CN1C/C(=C\c2cccc(Cl)c2)Oc2ccccc21. The third kappa shape index (κ3) is 2.59. The average Bonchev–Trinajstić information content (AvgIpc) is 2.39. The Labute approximate surface area is 117 Å². The lowest BCUT2D eigenvalue weighted by Gasteiger charge is -2.29. The van der Waals surface area contributed by atoms with E-state index in [9.17, 15) is 0 Å². The fraction of sp³-hybridized carbons (Fsp3) is 0.125. The number of para-hydroxylation sites is 2. The second-order valence-corrected chi connectivity index (χ2v) is 5.03. The van der Waals surface area contributed by atoms with Crippen molar-refractivity contribution in [3.05, 3.63) is 64.9 Å². The maximum Gasteiger partial charge on any atom is 0.150 e. The Kier molecular flexibility index (Phi) is 3.18. The number of benzene rings is 2. The van der Waals surface area contributed by atoms with Crippen molar-refractivity contribution in [1.29, 1.82) is 0 Å². The van der Waals surface area contributed by atoms with Crippen molar-refractivity contribution in [1.82, 2.24) is 0 Å². The van der Waals surface area contributed by atoms with Crippen LogP contribution in [0.3, 0.4) is 0 Å². The molecule has 0 saturated heterocycles. The molecule has 0 unspecified atom stereocenters. The second-order valence-electron chi connectivity index (χ2n) is 4.59. The van der Waals surface area contributed by atoms with Gasteiger partial charge in [-0.05, 0) is 35.9 Å². The zero-order valence-electron chi connectivity index (χ0n) is 10.6. The maximum atomic E-state index is 5.99. The summed E-state index contributed by atoms with van der Waals surface area (Å²) >= 11 is 5.99. The van der Waals surface area contributed by atoms with Gasteiger partial charge in [0.2, 0.25) is 0 Å². The molecule has 1 aliphatic rings. The van der Waals surface area contributed by atoms with Crippen molar-refractivity contribution in [2.45, 2.75) is 0 Å². The first kappa shape index (κ1) is 12.1. The first-order valence-corrected chi connectivity index (χ1v) is 6.54. The molecule has 2 aromatic rings. The Morgan fingerprint density at radius 2 is 2.00 bits per heavy atom. The standard InChI is InChI=1S/C16H14ClNO/c1-18-11-14(10-12-5-4-6-13(17)9-12)19-16-8-3-2-7-15(16)18/h2-10H,11H2,1H3/b14-10+. The Morgan fingerprint density at radius 1 is 1.16 bits per heavy atom. The lowest BCUT2D eigenvalue weighted by atomic mass is 10.1. The molecule has 0 radical (unpaired) electrons. The predicted octanol–water partition coefficient (Wildman–Crippen LogP) is 4.21. The van der Waals surface area contributed by atoms with Gasteiger partial charge in [0, 0.05) is 12.1 Å². The van der Waals surface area contributed by atoms with Crippen LogP contribution >= 0.6 is 11.6 Å². The molecule has 0 spiro atoms. The van der Waals surface area contributed by atoms with E-state index >= 15 is 0 Å². The van der Waals surface area contributed by atoms with Crippen molar-refractivity contribution < 1.29 is 4.74 Å². The third-order valence-corrected chi connectivity index (χ3v) is 3.32. The van der Waals surface area contributed by atoms with Crippen LogP contribution in [0.5, 0.6) is 5.75 Å². The molecule has 0 bridgehead atoms. The van der Waals surface area contributed by atoms with Gasteiger partial charge >= 0.3 is 0 Å². The highest BCUT2D eigenvalue weighted by molar-refractivity contribution is 6.30. The number of halogens is 1. The molecule has 0 atom stereocenters. The molecule has 19 heavy (non-hydrogen) atoms. The average molecular weight is 272 g/mol. The number of nitrogens with zero attached hydrogens (tertiary/aromatic N) is 1. The van der Waals surface area contributed by atoms with Crippen LogP contribution in [-0.4, -0.2) is 13.6 Å². The number of rotatable bonds is 1. The minimum Gasteiger partial charge on any atom is -0.458 e. The lowest BCUT2D eigenvalue weighted by Crippen LogP contribution is -2.27. The number of ether oxygens (including phenoxy) is 1. The van der Waals surface area contributed by atoms with Crippen LogP contribution < -0.4 is 9.64 Å². The number of likely N-dealkylation sites (N-methyl/N-ethyl adjacent to an activating group) is 1. The summed E-state index contributed by atoms with van der Waals surface area (Å²) in [7, 11) is 2.06. The van der Waals surface area contributed by atoms with Crippen LogP contribution in [0.25, 0.3) is 6.08 Å². The van der Waals surface area contributed by atoms with Gasteiger partial charge in [-0.2, -0.15) is 0 Å². The van der Waals surface area contributed by atoms with Crippen molar-refractivity contribution >= 4 is 23.4 Å². The molecular formula is C16H14ClNO. The van der Waals surface area contributed by atoms with Gasteiger partial charge in [0.1, 0.15) is 11.5 Å². The minimum absolute atomic E-state index is 0.735. The molecule has 0 saturated carbocycles. The number of hydrogen-bond donors (Lipinski definition) is 0. The predicted molar refractivity (Wildman–Crippen MR) is 79.8 cm³/mol. The summed E-state index contributed by atoms with van der Waals surface area (Å²) in [5, 5.41) is 0.735. The maximum absolute atomic E-state index is 5.99. The highest BCUT2D eigenvalue weighted by atomic mass is 35.5. The topological polar surface area (TPSA) is 12.5 Å². The van der Waals surface area contributed by atoms with E-state index in [0.29, 0.717) is 0 Å². The van der Waals surface area contributed by atoms with Crippen LogP contribution in [0.1, 0.15) is 5.56 Å². The molecule has 1 aliphatic heterocycles. The normalized spacial score (nSPS) is 16.1. The van der Waals surface area contributed by atoms with E-state index in [1.165, 1.54) is 0 Å². The lowest BCUT2D eigenvalue weighted by molar-refractivity contribution is 0.405. The van der Waals surface area contributed by atoms with Crippen molar-refractivity contribution in [3.8, 4) is 5.75 Å². The molecule has 96 valence electrons. The second kappa shape index (κ2) is 4.98. The first-order valence-electron chi connectivity index (χ1n) is 6.16. The van der Waals surface area contributed by atoms with E-state index in [1.807, 2.05) is 48.5 Å². The minimum atomic E-state index is 0.735. The van der Waals surface area contributed by atoms with E-state index in [4.69, 9.17) is 16.3 Å². The van der Waals surface area contributed by atoms with E-state index < -0.39 is 0 Å². The molecular weight excluding hydrogens is 258 g/mol. The summed E-state index contributed by atoms with van der Waals surface area (Å²) in [4.78, 5) is 2.18. The summed E-state index contributed by atoms with van der Waals surface area (Å²) in [6.45, 7) is 0.753. The fourth-order valence-corrected chi connectivity index (χ4v) is 2.41. The fourth-order valence-electron chi connectivity index (χ4n) is 2.21. The number of hydrogen-bond acceptors (Lipinski definition) is 2. The first-order chi connectivity index (χ1) is 9.22. The molecule has 1 heterocycles. The van der Waals surface area contributed by atoms with Gasteiger partial charge in [-0.1, -0.05) is 35.9 Å². The van der Waals surface area contributed by atoms with E-state index in [-0.39, 0.29) is 0 Å².